The maximum atomic E-state index is 12.3. The molecule has 0 bridgehead atoms. The first-order valence-electron chi connectivity index (χ1n) is 9.71. The number of hydrogen-bond acceptors (Lipinski definition) is 5. The molecule has 0 aliphatic carbocycles. The zero-order valence-corrected chi connectivity index (χ0v) is 18.4. The van der Waals surface area contributed by atoms with E-state index in [-0.39, 0.29) is 5.91 Å². The normalized spacial score (nSPS) is 10.6. The number of esters is 1. The summed E-state index contributed by atoms with van der Waals surface area (Å²) in [4.78, 5) is 23.9. The third kappa shape index (κ3) is 6.36. The molecular formula is C25H22ClNO5. The Bertz CT molecular complexity index is 1130. The van der Waals surface area contributed by atoms with Crippen LogP contribution in [0.4, 0.5) is 5.69 Å². The van der Waals surface area contributed by atoms with Crippen molar-refractivity contribution < 1.29 is 23.8 Å². The summed E-state index contributed by atoms with van der Waals surface area (Å²) in [6.07, 6.45) is 3.05. The number of benzene rings is 3. The standard InChI is InChI=1S/C25H22ClNO5/c1-30-23-14-17(8-12-22(23)32-16-18-6-10-20(26)11-7-18)9-13-24(28)27-21-5-3-4-19(15-21)25(29)31-2/h3-15H,16H2,1-2H3,(H,27,28)/b13-9+. The van der Waals surface area contributed by atoms with E-state index < -0.39 is 5.97 Å². The molecule has 0 aromatic heterocycles. The summed E-state index contributed by atoms with van der Waals surface area (Å²) in [5.41, 5.74) is 2.59. The number of carbonyl (C=O) groups excluding carboxylic acids is 2. The van der Waals surface area contributed by atoms with Gasteiger partial charge < -0.3 is 19.5 Å². The second kappa shape index (κ2) is 11.0. The molecule has 0 saturated heterocycles. The molecule has 3 aromatic carbocycles. The maximum Gasteiger partial charge on any atom is 0.337 e. The monoisotopic (exact) mass is 451 g/mol. The van der Waals surface area contributed by atoms with Crippen molar-refractivity contribution in [3.63, 3.8) is 0 Å². The van der Waals surface area contributed by atoms with E-state index in [1.165, 1.54) is 13.2 Å². The summed E-state index contributed by atoms with van der Waals surface area (Å²) in [6.45, 7) is 0.371. The van der Waals surface area contributed by atoms with Crippen molar-refractivity contribution in [1.82, 2.24) is 0 Å². The highest BCUT2D eigenvalue weighted by Gasteiger charge is 2.08. The molecule has 0 saturated carbocycles. The highest BCUT2D eigenvalue weighted by Crippen LogP contribution is 2.29. The number of hydrogen-bond donors (Lipinski definition) is 1. The van der Waals surface area contributed by atoms with Crippen LogP contribution in [-0.4, -0.2) is 26.1 Å². The van der Waals surface area contributed by atoms with E-state index in [0.29, 0.717) is 34.4 Å². The first-order chi connectivity index (χ1) is 15.5. The van der Waals surface area contributed by atoms with Gasteiger partial charge in [0, 0.05) is 16.8 Å². The van der Waals surface area contributed by atoms with Crippen LogP contribution < -0.4 is 14.8 Å². The fourth-order valence-electron chi connectivity index (χ4n) is 2.85. The van der Waals surface area contributed by atoms with E-state index in [9.17, 15) is 9.59 Å². The van der Waals surface area contributed by atoms with E-state index in [0.717, 1.165) is 11.1 Å². The highest BCUT2D eigenvalue weighted by molar-refractivity contribution is 6.30. The van der Waals surface area contributed by atoms with Gasteiger partial charge in [0.1, 0.15) is 6.61 Å². The highest BCUT2D eigenvalue weighted by atomic mass is 35.5. The molecular weight excluding hydrogens is 430 g/mol. The number of ether oxygens (including phenoxy) is 3. The van der Waals surface area contributed by atoms with Crippen molar-refractivity contribution in [2.75, 3.05) is 19.5 Å². The SMILES string of the molecule is COC(=O)c1cccc(NC(=O)/C=C/c2ccc(OCc3ccc(Cl)cc3)c(OC)c2)c1. The Morgan fingerprint density at radius 1 is 0.969 bits per heavy atom. The van der Waals surface area contributed by atoms with Gasteiger partial charge in [0.15, 0.2) is 11.5 Å². The van der Waals surface area contributed by atoms with Gasteiger partial charge in [-0.3, -0.25) is 4.79 Å². The minimum atomic E-state index is -0.470. The predicted octanol–water partition coefficient (Wildman–Crippen LogP) is 5.37. The van der Waals surface area contributed by atoms with Crippen molar-refractivity contribution in [2.45, 2.75) is 6.61 Å². The Labute approximate surface area is 191 Å². The number of carbonyl (C=O) groups is 2. The maximum absolute atomic E-state index is 12.3. The molecule has 0 heterocycles. The van der Waals surface area contributed by atoms with Crippen molar-refractivity contribution in [1.29, 1.82) is 0 Å². The van der Waals surface area contributed by atoms with Crippen LogP contribution in [0.2, 0.25) is 5.02 Å². The zero-order chi connectivity index (χ0) is 22.9. The van der Waals surface area contributed by atoms with Gasteiger partial charge in [-0.25, -0.2) is 4.79 Å². The lowest BCUT2D eigenvalue weighted by molar-refractivity contribution is -0.111. The van der Waals surface area contributed by atoms with Gasteiger partial charge in [-0.2, -0.15) is 0 Å². The molecule has 164 valence electrons. The van der Waals surface area contributed by atoms with Gasteiger partial charge in [0.05, 0.1) is 19.8 Å². The van der Waals surface area contributed by atoms with Crippen molar-refractivity contribution in [3.8, 4) is 11.5 Å². The molecule has 0 aliphatic rings. The summed E-state index contributed by atoms with van der Waals surface area (Å²) in [5, 5.41) is 3.38. The van der Waals surface area contributed by atoms with Crippen molar-refractivity contribution in [2.24, 2.45) is 0 Å². The summed E-state index contributed by atoms with van der Waals surface area (Å²) in [6, 6.07) is 19.3. The molecule has 6 nitrogen and oxygen atoms in total. The fraction of sp³-hybridized carbons (Fsp3) is 0.120. The molecule has 1 N–H and O–H groups in total. The summed E-state index contributed by atoms with van der Waals surface area (Å²) >= 11 is 5.90. The number of nitrogens with one attached hydrogen (secondary N) is 1. The molecule has 32 heavy (non-hydrogen) atoms. The Morgan fingerprint density at radius 3 is 2.47 bits per heavy atom. The van der Waals surface area contributed by atoms with Gasteiger partial charge in [-0.05, 0) is 59.7 Å². The van der Waals surface area contributed by atoms with Crippen LogP contribution in [0.5, 0.6) is 11.5 Å². The summed E-state index contributed by atoms with van der Waals surface area (Å²) in [5.74, 6) is 0.326. The molecule has 1 amide bonds. The number of anilines is 1. The van der Waals surface area contributed by atoms with Gasteiger partial charge >= 0.3 is 5.97 Å². The van der Waals surface area contributed by atoms with Gasteiger partial charge in [-0.15, -0.1) is 0 Å². The van der Waals surface area contributed by atoms with Crippen molar-refractivity contribution >= 4 is 35.2 Å². The minimum absolute atomic E-state index is 0.339. The second-order valence-electron chi connectivity index (χ2n) is 6.72. The van der Waals surface area contributed by atoms with Gasteiger partial charge in [-0.1, -0.05) is 35.9 Å². The van der Waals surface area contributed by atoms with Crippen LogP contribution in [0.25, 0.3) is 6.08 Å². The van der Waals surface area contributed by atoms with Crippen LogP contribution in [0, 0.1) is 0 Å². The van der Waals surface area contributed by atoms with Gasteiger partial charge in [0.25, 0.3) is 0 Å². The topological polar surface area (TPSA) is 73.9 Å². The number of halogens is 1. The lowest BCUT2D eigenvalue weighted by atomic mass is 10.1. The minimum Gasteiger partial charge on any atom is -0.493 e. The van der Waals surface area contributed by atoms with Crippen LogP contribution in [-0.2, 0) is 16.1 Å². The Kier molecular flexibility index (Phi) is 7.89. The molecule has 3 aromatic rings. The lowest BCUT2D eigenvalue weighted by Crippen LogP contribution is -2.09. The number of methoxy groups -OCH3 is 2. The number of rotatable bonds is 8. The molecule has 0 fully saturated rings. The van der Waals surface area contributed by atoms with Crippen LogP contribution in [0.15, 0.2) is 72.8 Å². The number of amides is 1. The van der Waals surface area contributed by atoms with Crippen molar-refractivity contribution in [3.05, 3.63) is 94.5 Å². The summed E-state index contributed by atoms with van der Waals surface area (Å²) < 4.78 is 15.9. The third-order valence-electron chi connectivity index (χ3n) is 4.47. The largest absolute Gasteiger partial charge is 0.493 e. The Hall–Kier alpha value is -3.77. The lowest BCUT2D eigenvalue weighted by Gasteiger charge is -2.11. The fourth-order valence-corrected chi connectivity index (χ4v) is 2.97. The molecule has 0 aliphatic heterocycles. The molecule has 0 unspecified atom stereocenters. The average molecular weight is 452 g/mol. The van der Waals surface area contributed by atoms with Crippen LogP contribution >= 0.6 is 11.6 Å². The van der Waals surface area contributed by atoms with Crippen LogP contribution in [0.3, 0.4) is 0 Å². The van der Waals surface area contributed by atoms with E-state index in [2.05, 4.69) is 10.1 Å². The first-order valence-corrected chi connectivity index (χ1v) is 10.1. The quantitative estimate of drug-likeness (QED) is 0.368. The molecule has 7 heteroatoms. The third-order valence-corrected chi connectivity index (χ3v) is 4.73. The molecule has 3 rings (SSSR count). The van der Waals surface area contributed by atoms with E-state index >= 15 is 0 Å². The molecule has 0 atom stereocenters. The zero-order valence-electron chi connectivity index (χ0n) is 17.6. The predicted molar refractivity (Wildman–Crippen MR) is 124 cm³/mol. The molecule has 0 spiro atoms. The Balaban J connectivity index is 1.63. The smallest absolute Gasteiger partial charge is 0.337 e. The summed E-state index contributed by atoms with van der Waals surface area (Å²) in [7, 11) is 2.86. The van der Waals surface area contributed by atoms with Gasteiger partial charge in [0.2, 0.25) is 5.91 Å². The van der Waals surface area contributed by atoms with E-state index in [1.807, 2.05) is 30.3 Å². The first kappa shape index (κ1) is 22.9. The van der Waals surface area contributed by atoms with E-state index in [4.69, 9.17) is 21.1 Å². The average Bonchev–Trinajstić information content (AvgIpc) is 2.82. The van der Waals surface area contributed by atoms with Crippen LogP contribution in [0.1, 0.15) is 21.5 Å². The second-order valence-corrected chi connectivity index (χ2v) is 7.16. The molecule has 0 radical (unpaired) electrons. The van der Waals surface area contributed by atoms with E-state index in [1.54, 1.807) is 49.6 Å². The Morgan fingerprint density at radius 2 is 1.75 bits per heavy atom.